The molecule has 0 saturated heterocycles. The Morgan fingerprint density at radius 1 is 0.565 bits per heavy atom. The van der Waals surface area contributed by atoms with Gasteiger partial charge in [0.05, 0.1) is 5.75 Å². The van der Waals surface area contributed by atoms with E-state index in [0.717, 1.165) is 50.8 Å². The lowest BCUT2D eigenvalue weighted by atomic mass is 10.1. The highest BCUT2D eigenvalue weighted by Crippen LogP contribution is 2.20. The zero-order chi connectivity index (χ0) is 45.2. The summed E-state index contributed by atoms with van der Waals surface area (Å²) in [4.78, 5) is 12.8. The van der Waals surface area contributed by atoms with Gasteiger partial charge in [0.15, 0.2) is 12.4 Å². The topological polar surface area (TPSA) is 102 Å². The number of aliphatic carboxylic acids is 1. The number of pyridine rings is 1. The summed E-state index contributed by atoms with van der Waals surface area (Å²) < 4.78 is 32.6. The number of carbonyl (C=O) groups excluding carboxylic acids is 1. The van der Waals surface area contributed by atoms with E-state index in [1.54, 1.807) is 0 Å². The molecule has 2 aromatic rings. The monoisotopic (exact) mass is 879 g/mol. The molecule has 7 nitrogen and oxygen atoms in total. The molecular weight excluding hydrogens is 789 g/mol. The van der Waals surface area contributed by atoms with E-state index in [-0.39, 0.29) is 12.2 Å². The maximum atomic E-state index is 10.9. The zero-order valence-corrected chi connectivity index (χ0v) is 40.6. The van der Waals surface area contributed by atoms with Crippen LogP contribution >= 0.6 is 0 Å². The predicted molar refractivity (Wildman–Crippen MR) is 265 cm³/mol. The van der Waals surface area contributed by atoms with Crippen molar-refractivity contribution in [3.8, 4) is 0 Å². The summed E-state index contributed by atoms with van der Waals surface area (Å²) in [5.74, 6) is -1.14. The van der Waals surface area contributed by atoms with Gasteiger partial charge in [0.1, 0.15) is 6.54 Å². The first-order valence-electron chi connectivity index (χ1n) is 25.2. The lowest BCUT2D eigenvalue weighted by Crippen LogP contribution is -2.33. The Labute approximate surface area is 381 Å². The molecule has 0 aliphatic carbocycles. The van der Waals surface area contributed by atoms with Gasteiger partial charge >= 0.3 is 0 Å². The van der Waals surface area contributed by atoms with Crippen LogP contribution in [-0.4, -0.2) is 37.8 Å². The van der Waals surface area contributed by atoms with Crippen LogP contribution in [0.1, 0.15) is 218 Å². The number of carboxylic acid groups (broad SMARTS) is 1. The van der Waals surface area contributed by atoms with Crippen LogP contribution < -0.4 is 14.6 Å². The van der Waals surface area contributed by atoms with Crippen molar-refractivity contribution in [3.05, 3.63) is 84.2 Å². The molecule has 1 aromatic carbocycles. The third kappa shape index (κ3) is 36.3. The maximum absolute atomic E-state index is 10.9. The van der Waals surface area contributed by atoms with Crippen molar-refractivity contribution in [1.29, 1.82) is 0 Å². The van der Waals surface area contributed by atoms with Gasteiger partial charge in [0.25, 0.3) is 10.1 Å². The molecule has 8 heteroatoms. The number of carboxylic acids is 1. The van der Waals surface area contributed by atoms with Crippen molar-refractivity contribution in [2.75, 3.05) is 23.7 Å². The minimum absolute atomic E-state index is 0.213. The second-order valence-electron chi connectivity index (χ2n) is 17.2. The summed E-state index contributed by atoms with van der Waals surface area (Å²) in [6.07, 6.45) is 52.1. The van der Waals surface area contributed by atoms with Gasteiger partial charge in [-0.1, -0.05) is 191 Å². The number of aromatic nitrogens is 1. The highest BCUT2D eigenvalue weighted by molar-refractivity contribution is 7.85. The van der Waals surface area contributed by atoms with Gasteiger partial charge in [-0.15, -0.1) is 0 Å². The second kappa shape index (κ2) is 40.5. The first-order chi connectivity index (χ1) is 30.2. The van der Waals surface area contributed by atoms with Crippen LogP contribution in [-0.2, 0) is 21.5 Å². The molecule has 1 heterocycles. The van der Waals surface area contributed by atoms with Gasteiger partial charge in [-0.25, -0.2) is 4.57 Å². The van der Waals surface area contributed by atoms with Crippen molar-refractivity contribution in [1.82, 2.24) is 0 Å². The van der Waals surface area contributed by atoms with Crippen molar-refractivity contribution >= 4 is 33.9 Å². The molecule has 62 heavy (non-hydrogen) atoms. The number of benzene rings is 1. The van der Waals surface area contributed by atoms with Gasteiger partial charge < -0.3 is 14.8 Å². The summed E-state index contributed by atoms with van der Waals surface area (Å²) >= 11 is 0. The molecule has 352 valence electrons. The Kier molecular flexibility index (Phi) is 37.1. The SMILES string of the molecule is CCCCC/C=C\C/C=C\CCCCCCCC(=O)[O-].CCCCCCCCCCN(CCCCCCCCCC)c1ccc(C=Cc2cc[n+](CCCS(=O)(=O)O)cc2)cc1. The lowest BCUT2D eigenvalue weighted by Gasteiger charge is -2.25. The highest BCUT2D eigenvalue weighted by atomic mass is 32.2. The minimum Gasteiger partial charge on any atom is -0.550 e. The van der Waals surface area contributed by atoms with Crippen LogP contribution in [0.3, 0.4) is 0 Å². The number of aryl methyl sites for hydroxylation is 1. The van der Waals surface area contributed by atoms with E-state index >= 15 is 0 Å². The fraction of sp³-hybridized carbons (Fsp3) is 0.667. The van der Waals surface area contributed by atoms with E-state index in [0.29, 0.717) is 13.0 Å². The van der Waals surface area contributed by atoms with Gasteiger partial charge in [-0.05, 0) is 81.0 Å². The smallest absolute Gasteiger partial charge is 0.265 e. The van der Waals surface area contributed by atoms with Crippen LogP contribution in [0.15, 0.2) is 73.1 Å². The van der Waals surface area contributed by atoms with Crippen LogP contribution in [0.2, 0.25) is 0 Å². The number of hydrogen-bond acceptors (Lipinski definition) is 5. The van der Waals surface area contributed by atoms with E-state index in [9.17, 15) is 18.3 Å². The molecule has 0 aliphatic heterocycles. The number of anilines is 1. The Bertz CT molecular complexity index is 1500. The number of hydrogen-bond donors (Lipinski definition) is 1. The fourth-order valence-corrected chi connectivity index (χ4v) is 7.97. The largest absolute Gasteiger partial charge is 0.550 e. The molecule has 1 aromatic heterocycles. The highest BCUT2D eigenvalue weighted by Gasteiger charge is 2.08. The average Bonchev–Trinajstić information content (AvgIpc) is 3.25. The zero-order valence-electron chi connectivity index (χ0n) is 39.8. The summed E-state index contributed by atoms with van der Waals surface area (Å²) in [7, 11) is -3.90. The first-order valence-corrected chi connectivity index (χ1v) is 26.8. The number of rotatable bonds is 39. The molecule has 2 rings (SSSR count). The Morgan fingerprint density at radius 3 is 1.47 bits per heavy atom. The molecule has 0 aliphatic rings. The maximum Gasteiger partial charge on any atom is 0.265 e. The summed E-state index contributed by atoms with van der Waals surface area (Å²) in [5, 5.41) is 10.2. The van der Waals surface area contributed by atoms with Gasteiger partial charge in [-0.3, -0.25) is 4.55 Å². The first kappa shape index (κ1) is 56.8. The third-order valence-corrected chi connectivity index (χ3v) is 12.2. The normalized spacial score (nSPS) is 11.8. The van der Waals surface area contributed by atoms with Crippen molar-refractivity contribution in [2.24, 2.45) is 0 Å². The number of allylic oxidation sites excluding steroid dienone is 4. The standard InChI is InChI=1S/C36H58N2O3S.C18H32O2/c1-3-5-7-9-11-13-15-17-29-38(30-18-16-14-12-10-8-6-4-2)36-24-22-34(23-25-36)20-21-35-26-31-37(32-27-35)28-19-33-42(39,40)41;1-2-3-4-5-6-7-8-9-10-11-12-13-14-15-16-17-18(19)20/h20-27,31-32H,3-19,28-30,33H2,1-2H3;6-7,9-10H,2-5,8,11-17H2,1H3,(H,19,20)/b;7-6-,10-9-. The number of nitrogens with zero attached hydrogens (tertiary/aromatic N) is 2. The molecule has 0 radical (unpaired) electrons. The van der Waals surface area contributed by atoms with Gasteiger partial charge in [0.2, 0.25) is 0 Å². The van der Waals surface area contributed by atoms with E-state index in [1.807, 2.05) is 29.1 Å². The van der Waals surface area contributed by atoms with Crippen molar-refractivity contribution < 1.29 is 27.4 Å². The van der Waals surface area contributed by atoms with Gasteiger partial charge in [0, 0.05) is 43.3 Å². The van der Waals surface area contributed by atoms with E-state index in [4.69, 9.17) is 4.55 Å². The number of unbranched alkanes of at least 4 members (excludes halogenated alkanes) is 22. The third-order valence-electron chi connectivity index (χ3n) is 11.4. The molecule has 1 N–H and O–H groups in total. The summed E-state index contributed by atoms with van der Waals surface area (Å²) in [5.41, 5.74) is 3.61. The average molecular weight is 879 g/mol. The molecule has 0 spiro atoms. The quantitative estimate of drug-likeness (QED) is 0.0311. The summed E-state index contributed by atoms with van der Waals surface area (Å²) in [6.45, 7) is 9.65. The van der Waals surface area contributed by atoms with Crippen LogP contribution in [0.5, 0.6) is 0 Å². The van der Waals surface area contributed by atoms with E-state index < -0.39 is 16.1 Å². The molecular formula is C54H90N2O5S. The molecule has 0 amide bonds. The van der Waals surface area contributed by atoms with Crippen LogP contribution in [0.25, 0.3) is 12.2 Å². The second-order valence-corrected chi connectivity index (χ2v) is 18.8. The van der Waals surface area contributed by atoms with Crippen LogP contribution in [0, 0.1) is 0 Å². The number of carbonyl (C=O) groups is 1. The molecule has 0 fully saturated rings. The fourth-order valence-electron chi connectivity index (χ4n) is 7.47. The molecule has 0 bridgehead atoms. The predicted octanol–water partition coefficient (Wildman–Crippen LogP) is 14.1. The Hall–Kier alpha value is -3.23. The van der Waals surface area contributed by atoms with E-state index in [1.165, 1.54) is 153 Å². The minimum atomic E-state index is -3.90. The Balaban J connectivity index is 0.000000807. The van der Waals surface area contributed by atoms with Crippen molar-refractivity contribution in [3.63, 3.8) is 0 Å². The Morgan fingerprint density at radius 2 is 0.984 bits per heavy atom. The van der Waals surface area contributed by atoms with Crippen molar-refractivity contribution in [2.45, 2.75) is 214 Å². The van der Waals surface area contributed by atoms with Gasteiger partial charge in [-0.2, -0.15) is 8.42 Å². The molecule has 0 unspecified atom stereocenters. The lowest BCUT2D eigenvalue weighted by molar-refractivity contribution is -0.696. The van der Waals surface area contributed by atoms with Crippen LogP contribution in [0.4, 0.5) is 5.69 Å². The summed E-state index contributed by atoms with van der Waals surface area (Å²) in [6, 6.07) is 13.0. The van der Waals surface area contributed by atoms with E-state index in [2.05, 4.69) is 86.4 Å². The molecule has 0 atom stereocenters. The molecule has 0 saturated carbocycles.